The van der Waals surface area contributed by atoms with Crippen LogP contribution in [0.4, 0.5) is 10.2 Å². The van der Waals surface area contributed by atoms with E-state index in [0.717, 1.165) is 11.2 Å². The minimum absolute atomic E-state index is 0.0615. The quantitative estimate of drug-likeness (QED) is 0.644. The van der Waals surface area contributed by atoms with Crippen LogP contribution in [0.1, 0.15) is 24.1 Å². The SMILES string of the molecule is CC1Nc2ccn3ncc(c3n2)CNCCOc2ccc(F)c(Cl)c21. The topological polar surface area (TPSA) is 63.5 Å². The Morgan fingerprint density at radius 1 is 1.36 bits per heavy atom. The van der Waals surface area contributed by atoms with Crippen molar-refractivity contribution in [3.63, 3.8) is 0 Å². The molecule has 0 radical (unpaired) electrons. The molecular weight excluding hydrogens is 345 g/mol. The molecule has 3 heterocycles. The molecule has 2 aromatic heterocycles. The molecule has 2 bridgehead atoms. The van der Waals surface area contributed by atoms with Gasteiger partial charge in [0.05, 0.1) is 17.3 Å². The van der Waals surface area contributed by atoms with Gasteiger partial charge in [0, 0.05) is 30.4 Å². The van der Waals surface area contributed by atoms with E-state index < -0.39 is 5.82 Å². The number of benzene rings is 1. The van der Waals surface area contributed by atoms with Crippen molar-refractivity contribution in [2.24, 2.45) is 0 Å². The van der Waals surface area contributed by atoms with Crippen molar-refractivity contribution >= 4 is 23.1 Å². The minimum atomic E-state index is -0.471. The van der Waals surface area contributed by atoms with Crippen molar-refractivity contribution in [2.75, 3.05) is 18.5 Å². The van der Waals surface area contributed by atoms with Crippen LogP contribution in [-0.2, 0) is 6.54 Å². The van der Waals surface area contributed by atoms with Gasteiger partial charge in [-0.1, -0.05) is 11.6 Å². The van der Waals surface area contributed by atoms with Crippen molar-refractivity contribution in [2.45, 2.75) is 19.5 Å². The van der Waals surface area contributed by atoms with Gasteiger partial charge in [-0.25, -0.2) is 13.9 Å². The molecule has 130 valence electrons. The van der Waals surface area contributed by atoms with Crippen LogP contribution >= 0.6 is 11.6 Å². The lowest BCUT2D eigenvalue weighted by Gasteiger charge is -2.20. The Morgan fingerprint density at radius 3 is 3.12 bits per heavy atom. The lowest BCUT2D eigenvalue weighted by Crippen LogP contribution is -2.21. The average Bonchev–Trinajstić information content (AvgIpc) is 2.99. The fourth-order valence-electron chi connectivity index (χ4n) is 2.95. The van der Waals surface area contributed by atoms with Crippen LogP contribution in [0.2, 0.25) is 5.02 Å². The van der Waals surface area contributed by atoms with Crippen LogP contribution in [0.15, 0.2) is 30.6 Å². The van der Waals surface area contributed by atoms with Crippen molar-refractivity contribution in [3.05, 3.63) is 52.6 Å². The van der Waals surface area contributed by atoms with Crippen molar-refractivity contribution < 1.29 is 9.13 Å². The largest absolute Gasteiger partial charge is 0.492 e. The molecule has 6 nitrogen and oxygen atoms in total. The highest BCUT2D eigenvalue weighted by molar-refractivity contribution is 6.31. The fourth-order valence-corrected chi connectivity index (χ4v) is 3.27. The second kappa shape index (κ2) is 6.50. The van der Waals surface area contributed by atoms with Crippen LogP contribution in [0, 0.1) is 5.82 Å². The summed E-state index contributed by atoms with van der Waals surface area (Å²) in [6.45, 7) is 3.61. The fraction of sp³-hybridized carbons (Fsp3) is 0.294. The Morgan fingerprint density at radius 2 is 2.24 bits per heavy atom. The number of anilines is 1. The molecular formula is C17H17ClFN5O. The van der Waals surface area contributed by atoms with Crippen molar-refractivity contribution in [1.82, 2.24) is 19.9 Å². The van der Waals surface area contributed by atoms with Gasteiger partial charge in [-0.15, -0.1) is 0 Å². The number of hydrogen-bond donors (Lipinski definition) is 2. The summed E-state index contributed by atoms with van der Waals surface area (Å²) in [5.41, 5.74) is 2.35. The Kier molecular flexibility index (Phi) is 4.19. The van der Waals surface area contributed by atoms with Gasteiger partial charge in [0.2, 0.25) is 0 Å². The summed E-state index contributed by atoms with van der Waals surface area (Å²) in [6, 6.07) is 4.47. The molecule has 0 spiro atoms. The summed E-state index contributed by atoms with van der Waals surface area (Å²) in [5.74, 6) is 0.755. The Balaban J connectivity index is 1.79. The summed E-state index contributed by atoms with van der Waals surface area (Å²) in [7, 11) is 0. The molecule has 25 heavy (non-hydrogen) atoms. The molecule has 2 N–H and O–H groups in total. The van der Waals surface area contributed by atoms with E-state index in [1.165, 1.54) is 6.07 Å². The first-order chi connectivity index (χ1) is 12.1. The van der Waals surface area contributed by atoms with E-state index in [1.807, 2.05) is 19.2 Å². The van der Waals surface area contributed by atoms with E-state index >= 15 is 0 Å². The molecule has 1 aliphatic heterocycles. The number of nitrogens with zero attached hydrogens (tertiary/aromatic N) is 3. The molecule has 1 unspecified atom stereocenters. The number of aromatic nitrogens is 3. The van der Waals surface area contributed by atoms with Gasteiger partial charge in [0.25, 0.3) is 0 Å². The smallest absolute Gasteiger partial charge is 0.161 e. The first-order valence-electron chi connectivity index (χ1n) is 8.04. The molecule has 1 aromatic carbocycles. The lowest BCUT2D eigenvalue weighted by atomic mass is 10.1. The van der Waals surface area contributed by atoms with E-state index in [9.17, 15) is 4.39 Å². The van der Waals surface area contributed by atoms with Gasteiger partial charge < -0.3 is 15.4 Å². The zero-order chi connectivity index (χ0) is 17.4. The maximum atomic E-state index is 14.0. The molecule has 0 amide bonds. The summed E-state index contributed by atoms with van der Waals surface area (Å²) in [6.07, 6.45) is 3.63. The third-order valence-corrected chi connectivity index (χ3v) is 4.57. The number of hydrogen-bond acceptors (Lipinski definition) is 5. The normalized spacial score (nSPS) is 17.8. The van der Waals surface area contributed by atoms with Gasteiger partial charge in [0.15, 0.2) is 5.65 Å². The summed E-state index contributed by atoms with van der Waals surface area (Å²) < 4.78 is 21.5. The molecule has 0 saturated carbocycles. The Labute approximate surface area is 149 Å². The lowest BCUT2D eigenvalue weighted by molar-refractivity contribution is 0.309. The molecule has 0 saturated heterocycles. The van der Waals surface area contributed by atoms with E-state index in [-0.39, 0.29) is 11.1 Å². The van der Waals surface area contributed by atoms with Gasteiger partial charge in [-0.2, -0.15) is 5.10 Å². The van der Waals surface area contributed by atoms with E-state index in [1.54, 1.807) is 16.8 Å². The van der Waals surface area contributed by atoms with Gasteiger partial charge in [-0.05, 0) is 25.1 Å². The minimum Gasteiger partial charge on any atom is -0.492 e. The predicted molar refractivity (Wildman–Crippen MR) is 93.6 cm³/mol. The number of nitrogens with one attached hydrogen (secondary N) is 2. The summed E-state index contributed by atoms with van der Waals surface area (Å²) in [4.78, 5) is 4.63. The zero-order valence-electron chi connectivity index (χ0n) is 13.6. The van der Waals surface area contributed by atoms with Crippen molar-refractivity contribution in [3.8, 4) is 5.75 Å². The summed E-state index contributed by atoms with van der Waals surface area (Å²) in [5, 5.41) is 10.9. The maximum absolute atomic E-state index is 14.0. The third kappa shape index (κ3) is 3.01. The van der Waals surface area contributed by atoms with E-state index in [0.29, 0.717) is 36.8 Å². The second-order valence-corrected chi connectivity index (χ2v) is 6.29. The zero-order valence-corrected chi connectivity index (χ0v) is 14.3. The van der Waals surface area contributed by atoms with Gasteiger partial charge in [-0.3, -0.25) is 0 Å². The average molecular weight is 362 g/mol. The first kappa shape index (κ1) is 16.1. The van der Waals surface area contributed by atoms with Crippen LogP contribution in [0.5, 0.6) is 5.75 Å². The Hall–Kier alpha value is -2.38. The molecule has 8 heteroatoms. The van der Waals surface area contributed by atoms with Gasteiger partial charge in [0.1, 0.15) is 24.0 Å². The monoisotopic (exact) mass is 361 g/mol. The number of rotatable bonds is 0. The van der Waals surface area contributed by atoms with Crippen LogP contribution in [0.3, 0.4) is 0 Å². The highest BCUT2D eigenvalue weighted by Crippen LogP contribution is 2.35. The summed E-state index contributed by atoms with van der Waals surface area (Å²) >= 11 is 6.22. The Bertz CT molecular complexity index is 929. The first-order valence-corrected chi connectivity index (χ1v) is 8.42. The van der Waals surface area contributed by atoms with Crippen LogP contribution in [-0.4, -0.2) is 27.7 Å². The molecule has 3 aromatic rings. The molecule has 1 atom stereocenters. The third-order valence-electron chi connectivity index (χ3n) is 4.18. The van der Waals surface area contributed by atoms with E-state index in [4.69, 9.17) is 16.3 Å². The molecule has 1 aliphatic rings. The van der Waals surface area contributed by atoms with E-state index in [2.05, 4.69) is 20.7 Å². The standard InChI is InChI=1S/C17H17ClFN5O/c1-10-15-13(3-2-12(19)16(15)18)25-7-5-20-8-11-9-21-24-6-4-14(22-10)23-17(11)24/h2-4,6,9-10,20H,5,7-8H2,1H3,(H,22,23). The molecule has 0 aliphatic carbocycles. The molecule has 0 fully saturated rings. The highest BCUT2D eigenvalue weighted by Gasteiger charge is 2.20. The maximum Gasteiger partial charge on any atom is 0.161 e. The number of fused-ring (bicyclic) bond motifs is 2. The second-order valence-electron chi connectivity index (χ2n) is 5.92. The van der Waals surface area contributed by atoms with Gasteiger partial charge >= 0.3 is 0 Å². The highest BCUT2D eigenvalue weighted by atomic mass is 35.5. The number of ether oxygens (including phenoxy) is 1. The molecule has 4 rings (SSSR count). The van der Waals surface area contributed by atoms with Crippen LogP contribution < -0.4 is 15.4 Å². The number of halogens is 2. The van der Waals surface area contributed by atoms with Crippen molar-refractivity contribution in [1.29, 1.82) is 0 Å². The predicted octanol–water partition coefficient (Wildman–Crippen LogP) is 3.18. The van der Waals surface area contributed by atoms with Crippen LogP contribution in [0.25, 0.3) is 5.65 Å².